The summed E-state index contributed by atoms with van der Waals surface area (Å²) >= 11 is 1.74. The molecular formula is C24H38IN5OS. The monoisotopic (exact) mass is 571 g/mol. The van der Waals surface area contributed by atoms with E-state index in [9.17, 15) is 0 Å². The Kier molecular flexibility index (Phi) is 11.2. The van der Waals surface area contributed by atoms with E-state index < -0.39 is 0 Å². The minimum Gasteiger partial charge on any atom is -0.491 e. The fourth-order valence-electron chi connectivity index (χ4n) is 3.87. The molecule has 8 heteroatoms. The number of guanidine groups is 1. The maximum absolute atomic E-state index is 5.99. The molecule has 178 valence electrons. The van der Waals surface area contributed by atoms with Gasteiger partial charge in [0.25, 0.3) is 0 Å². The van der Waals surface area contributed by atoms with Gasteiger partial charge in [0.05, 0.1) is 16.8 Å². The lowest BCUT2D eigenvalue weighted by Crippen LogP contribution is -2.42. The van der Waals surface area contributed by atoms with Crippen molar-refractivity contribution < 1.29 is 4.74 Å². The van der Waals surface area contributed by atoms with Crippen LogP contribution in [-0.2, 0) is 13.1 Å². The number of aliphatic imine (C=N–C) groups is 1. The first-order chi connectivity index (χ1) is 14.9. The molecule has 0 unspecified atom stereocenters. The molecule has 0 spiro atoms. The summed E-state index contributed by atoms with van der Waals surface area (Å²) in [6, 6.07) is 6.36. The van der Waals surface area contributed by atoms with E-state index in [0.717, 1.165) is 48.5 Å². The van der Waals surface area contributed by atoms with Gasteiger partial charge in [-0.1, -0.05) is 12.1 Å². The smallest absolute Gasteiger partial charge is 0.191 e. The number of aromatic nitrogens is 1. The highest BCUT2D eigenvalue weighted by molar-refractivity contribution is 14.0. The van der Waals surface area contributed by atoms with Crippen LogP contribution in [0.25, 0.3) is 0 Å². The minimum atomic E-state index is 0. The van der Waals surface area contributed by atoms with Gasteiger partial charge in [-0.25, -0.2) is 4.98 Å². The predicted molar refractivity (Wildman–Crippen MR) is 145 cm³/mol. The molecule has 1 aromatic carbocycles. The first-order valence-electron chi connectivity index (χ1n) is 11.3. The zero-order valence-electron chi connectivity index (χ0n) is 20.0. The third-order valence-electron chi connectivity index (χ3n) is 5.57. The fraction of sp³-hybridized carbons (Fsp3) is 0.583. The van der Waals surface area contributed by atoms with Crippen molar-refractivity contribution in [3.63, 3.8) is 0 Å². The van der Waals surface area contributed by atoms with Crippen LogP contribution >= 0.6 is 35.3 Å². The second kappa shape index (κ2) is 13.3. The van der Waals surface area contributed by atoms with Crippen LogP contribution in [0.1, 0.15) is 48.5 Å². The number of hydrogen-bond acceptors (Lipinski definition) is 5. The average molecular weight is 572 g/mol. The molecule has 1 aliphatic heterocycles. The van der Waals surface area contributed by atoms with Crippen molar-refractivity contribution in [3.8, 4) is 5.75 Å². The number of ether oxygens (including phenoxy) is 1. The molecule has 2 N–H and O–H groups in total. The molecule has 0 atom stereocenters. The van der Waals surface area contributed by atoms with Gasteiger partial charge in [-0.3, -0.25) is 9.89 Å². The molecule has 1 saturated heterocycles. The van der Waals surface area contributed by atoms with E-state index in [1.807, 2.05) is 7.05 Å². The lowest BCUT2D eigenvalue weighted by atomic mass is 9.97. The maximum Gasteiger partial charge on any atom is 0.191 e. The third kappa shape index (κ3) is 8.51. The van der Waals surface area contributed by atoms with Crippen LogP contribution in [0.2, 0.25) is 0 Å². The Balaban J connectivity index is 0.00000363. The highest BCUT2D eigenvalue weighted by atomic mass is 127. The topological polar surface area (TPSA) is 61.8 Å². The van der Waals surface area contributed by atoms with Gasteiger partial charge in [-0.2, -0.15) is 0 Å². The van der Waals surface area contributed by atoms with E-state index in [4.69, 9.17) is 4.74 Å². The van der Waals surface area contributed by atoms with Crippen LogP contribution in [0.15, 0.2) is 28.6 Å². The first kappa shape index (κ1) is 26.9. The summed E-state index contributed by atoms with van der Waals surface area (Å²) in [5, 5.41) is 10.3. The van der Waals surface area contributed by atoms with Crippen molar-refractivity contribution in [2.75, 3.05) is 26.7 Å². The summed E-state index contributed by atoms with van der Waals surface area (Å²) in [6.45, 7) is 13.2. The lowest BCUT2D eigenvalue weighted by Gasteiger charge is -2.31. The van der Waals surface area contributed by atoms with E-state index in [-0.39, 0.29) is 30.1 Å². The normalized spacial score (nSPS) is 15.5. The molecule has 0 saturated carbocycles. The molecule has 3 rings (SSSR count). The van der Waals surface area contributed by atoms with Crippen LogP contribution in [0, 0.1) is 19.8 Å². The number of nitrogens with one attached hydrogen (secondary N) is 2. The van der Waals surface area contributed by atoms with Crippen LogP contribution in [0.5, 0.6) is 5.75 Å². The number of piperidine rings is 1. The molecule has 1 aliphatic rings. The molecule has 1 aromatic heterocycles. The molecule has 2 heterocycles. The van der Waals surface area contributed by atoms with Crippen molar-refractivity contribution in [1.82, 2.24) is 20.5 Å². The molecule has 6 nitrogen and oxygen atoms in total. The predicted octanol–water partition coefficient (Wildman–Crippen LogP) is 4.74. The highest BCUT2D eigenvalue weighted by Gasteiger charge is 2.20. The Labute approximate surface area is 214 Å². The molecule has 0 bridgehead atoms. The highest BCUT2D eigenvalue weighted by Crippen LogP contribution is 2.22. The van der Waals surface area contributed by atoms with Gasteiger partial charge in [0, 0.05) is 37.6 Å². The van der Waals surface area contributed by atoms with Crippen molar-refractivity contribution in [2.24, 2.45) is 10.9 Å². The van der Waals surface area contributed by atoms with Crippen molar-refractivity contribution in [3.05, 3.63) is 45.4 Å². The molecule has 0 amide bonds. The molecule has 2 aromatic rings. The molecule has 0 aliphatic carbocycles. The van der Waals surface area contributed by atoms with E-state index in [1.165, 1.54) is 24.1 Å². The summed E-state index contributed by atoms with van der Waals surface area (Å²) in [5.74, 6) is 2.46. The van der Waals surface area contributed by atoms with Gasteiger partial charge in [-0.15, -0.1) is 35.3 Å². The van der Waals surface area contributed by atoms with Crippen LogP contribution < -0.4 is 15.4 Å². The van der Waals surface area contributed by atoms with E-state index in [2.05, 4.69) is 76.8 Å². The number of rotatable bonds is 8. The minimum absolute atomic E-state index is 0. The number of likely N-dealkylation sites (tertiary alicyclic amines) is 1. The Hall–Kier alpha value is -1.39. The number of hydrogen-bond donors (Lipinski definition) is 2. The Morgan fingerprint density at radius 1 is 1.25 bits per heavy atom. The van der Waals surface area contributed by atoms with Gasteiger partial charge in [0.2, 0.25) is 0 Å². The standard InChI is InChI=1S/C24H37N5OS.HI/c1-17(2)30-23-12-18(3)6-7-21(23)14-27-24(25-5)26-13-20-8-10-29(11-9-20)15-22-16-31-19(4)28-22;/h6-7,12,16-17,20H,8-11,13-15H2,1-5H3,(H2,25,26,27);1H. The largest absolute Gasteiger partial charge is 0.491 e. The number of thiazole rings is 1. The number of halogens is 1. The van der Waals surface area contributed by atoms with Crippen LogP contribution in [0.4, 0.5) is 0 Å². The number of benzene rings is 1. The molecule has 32 heavy (non-hydrogen) atoms. The zero-order chi connectivity index (χ0) is 22.2. The fourth-order valence-corrected chi connectivity index (χ4v) is 4.47. The van der Waals surface area contributed by atoms with E-state index in [1.54, 1.807) is 11.3 Å². The van der Waals surface area contributed by atoms with Gasteiger partial charge >= 0.3 is 0 Å². The second-order valence-electron chi connectivity index (χ2n) is 8.66. The Morgan fingerprint density at radius 2 is 2.00 bits per heavy atom. The second-order valence-corrected chi connectivity index (χ2v) is 9.72. The SMILES string of the molecule is CN=C(NCc1ccc(C)cc1OC(C)C)NCC1CCN(Cc2csc(C)n2)CC1.I. The van der Waals surface area contributed by atoms with Crippen LogP contribution in [-0.4, -0.2) is 48.6 Å². The summed E-state index contributed by atoms with van der Waals surface area (Å²) in [7, 11) is 1.83. The summed E-state index contributed by atoms with van der Waals surface area (Å²) in [5.41, 5.74) is 3.56. The Morgan fingerprint density at radius 3 is 2.62 bits per heavy atom. The lowest BCUT2D eigenvalue weighted by molar-refractivity contribution is 0.176. The number of aryl methyl sites for hydroxylation is 2. The van der Waals surface area contributed by atoms with Gasteiger partial charge in [0.1, 0.15) is 5.75 Å². The van der Waals surface area contributed by atoms with Crippen molar-refractivity contribution in [1.29, 1.82) is 0 Å². The van der Waals surface area contributed by atoms with Gasteiger partial charge in [-0.05, 0) is 71.2 Å². The number of nitrogens with zero attached hydrogens (tertiary/aromatic N) is 3. The third-order valence-corrected chi connectivity index (χ3v) is 6.40. The summed E-state index contributed by atoms with van der Waals surface area (Å²) < 4.78 is 5.99. The summed E-state index contributed by atoms with van der Waals surface area (Å²) in [6.07, 6.45) is 2.57. The van der Waals surface area contributed by atoms with Crippen molar-refractivity contribution in [2.45, 2.75) is 59.7 Å². The quantitative estimate of drug-likeness (QED) is 0.272. The van der Waals surface area contributed by atoms with E-state index >= 15 is 0 Å². The van der Waals surface area contributed by atoms with Gasteiger partial charge in [0.15, 0.2) is 5.96 Å². The summed E-state index contributed by atoms with van der Waals surface area (Å²) in [4.78, 5) is 11.5. The Bertz CT molecular complexity index is 862. The molecule has 1 fully saturated rings. The van der Waals surface area contributed by atoms with E-state index in [0.29, 0.717) is 12.5 Å². The van der Waals surface area contributed by atoms with Crippen LogP contribution in [0.3, 0.4) is 0 Å². The maximum atomic E-state index is 5.99. The van der Waals surface area contributed by atoms with Gasteiger partial charge < -0.3 is 15.4 Å². The zero-order valence-corrected chi connectivity index (χ0v) is 23.1. The first-order valence-corrected chi connectivity index (χ1v) is 12.1. The van der Waals surface area contributed by atoms with Crippen molar-refractivity contribution >= 4 is 41.3 Å². The molecule has 0 radical (unpaired) electrons. The molecular weight excluding hydrogens is 533 g/mol. The average Bonchev–Trinajstić information content (AvgIpc) is 3.14.